The second kappa shape index (κ2) is 5.95. The minimum Gasteiger partial charge on any atom is -0.388 e. The molecule has 110 valence electrons. The Morgan fingerprint density at radius 3 is 3.00 bits per heavy atom. The van der Waals surface area contributed by atoms with Crippen molar-refractivity contribution < 1.29 is 14.2 Å². The second-order valence-electron chi connectivity index (χ2n) is 5.73. The van der Waals surface area contributed by atoms with E-state index in [1.807, 2.05) is 11.8 Å². The summed E-state index contributed by atoms with van der Waals surface area (Å²) < 4.78 is 20.1. The molecule has 3 atom stereocenters. The van der Waals surface area contributed by atoms with Crippen LogP contribution in [0.4, 0.5) is 4.39 Å². The monoisotopic (exact) mass is 360 g/mol. The first kappa shape index (κ1) is 14.8. The highest BCUT2D eigenvalue weighted by Crippen LogP contribution is 2.44. The third-order valence-electron chi connectivity index (χ3n) is 4.27. The molecule has 1 N–H and O–H groups in total. The molecule has 1 aromatic carbocycles. The van der Waals surface area contributed by atoms with E-state index < -0.39 is 6.10 Å². The molecule has 2 aliphatic heterocycles. The normalized spacial score (nSPS) is 31.6. The summed E-state index contributed by atoms with van der Waals surface area (Å²) in [5.74, 6) is 1.99. The van der Waals surface area contributed by atoms with Crippen LogP contribution in [0.1, 0.15) is 30.9 Å². The van der Waals surface area contributed by atoms with Crippen LogP contribution in [0.15, 0.2) is 22.7 Å². The molecule has 2 heterocycles. The van der Waals surface area contributed by atoms with Gasteiger partial charge in [0.05, 0.1) is 11.7 Å². The summed E-state index contributed by atoms with van der Waals surface area (Å²) in [6.07, 6.45) is 2.15. The average molecular weight is 361 g/mol. The molecule has 2 saturated heterocycles. The fourth-order valence-corrected chi connectivity index (χ4v) is 5.08. The minimum absolute atomic E-state index is 0.0564. The van der Waals surface area contributed by atoms with Crippen molar-refractivity contribution in [2.75, 3.05) is 18.1 Å². The lowest BCUT2D eigenvalue weighted by atomic mass is 9.80. The highest BCUT2D eigenvalue weighted by atomic mass is 79.9. The number of hydrogen-bond donors (Lipinski definition) is 1. The molecular weight excluding hydrogens is 343 g/mol. The zero-order valence-electron chi connectivity index (χ0n) is 11.1. The summed E-state index contributed by atoms with van der Waals surface area (Å²) in [4.78, 5) is 0. The van der Waals surface area contributed by atoms with Crippen LogP contribution in [0.3, 0.4) is 0 Å². The number of aliphatic hydroxyl groups is 1. The van der Waals surface area contributed by atoms with E-state index in [2.05, 4.69) is 15.9 Å². The molecule has 0 aromatic heterocycles. The smallest absolute Gasteiger partial charge is 0.124 e. The van der Waals surface area contributed by atoms with E-state index in [1.54, 1.807) is 6.07 Å². The first-order valence-electron chi connectivity index (χ1n) is 6.94. The van der Waals surface area contributed by atoms with Gasteiger partial charge in [0.25, 0.3) is 0 Å². The Morgan fingerprint density at radius 2 is 2.30 bits per heavy atom. The first-order chi connectivity index (χ1) is 9.58. The zero-order chi connectivity index (χ0) is 14.2. The first-order valence-corrected chi connectivity index (χ1v) is 8.89. The molecule has 0 aliphatic carbocycles. The average Bonchev–Trinajstić information content (AvgIpc) is 2.85. The quantitative estimate of drug-likeness (QED) is 0.866. The van der Waals surface area contributed by atoms with Gasteiger partial charge in [-0.3, -0.25) is 0 Å². The van der Waals surface area contributed by atoms with E-state index in [0.717, 1.165) is 30.8 Å². The van der Waals surface area contributed by atoms with Crippen molar-refractivity contribution in [3.63, 3.8) is 0 Å². The van der Waals surface area contributed by atoms with E-state index in [4.69, 9.17) is 4.74 Å². The van der Waals surface area contributed by atoms with Crippen molar-refractivity contribution in [3.05, 3.63) is 34.1 Å². The second-order valence-corrected chi connectivity index (χ2v) is 7.76. The lowest BCUT2D eigenvalue weighted by molar-refractivity contribution is -0.102. The maximum atomic E-state index is 13.5. The molecule has 0 radical (unpaired) electrons. The van der Waals surface area contributed by atoms with Crippen LogP contribution < -0.4 is 0 Å². The summed E-state index contributed by atoms with van der Waals surface area (Å²) in [5.41, 5.74) is 0.601. The Labute approximate surface area is 131 Å². The lowest BCUT2D eigenvalue weighted by Gasteiger charge is -2.39. The van der Waals surface area contributed by atoms with Gasteiger partial charge in [0.1, 0.15) is 5.82 Å². The largest absolute Gasteiger partial charge is 0.388 e. The Hall–Kier alpha value is -0.100. The summed E-state index contributed by atoms with van der Waals surface area (Å²) in [5, 5.41) is 10.6. The van der Waals surface area contributed by atoms with Crippen molar-refractivity contribution in [3.8, 4) is 0 Å². The van der Waals surface area contributed by atoms with E-state index in [-0.39, 0.29) is 17.3 Å². The SMILES string of the molecule is OC(c1cc(F)cc(Br)c1)C1CCOC2(CCSC2)C1. The standard InChI is InChI=1S/C15H18BrFO2S/c16-12-5-11(6-13(17)7-12)14(18)10-1-3-19-15(8-10)2-4-20-9-15/h5-7,10,14,18H,1-4,8-9H2. The molecule has 20 heavy (non-hydrogen) atoms. The van der Waals surface area contributed by atoms with Gasteiger partial charge < -0.3 is 9.84 Å². The van der Waals surface area contributed by atoms with Gasteiger partial charge in [-0.1, -0.05) is 15.9 Å². The van der Waals surface area contributed by atoms with E-state index in [1.165, 1.54) is 12.1 Å². The summed E-state index contributed by atoms with van der Waals surface area (Å²) in [6.45, 7) is 0.693. The molecule has 2 fully saturated rings. The summed E-state index contributed by atoms with van der Waals surface area (Å²) in [7, 11) is 0. The molecule has 1 aromatic rings. The van der Waals surface area contributed by atoms with Crippen molar-refractivity contribution in [1.82, 2.24) is 0 Å². The van der Waals surface area contributed by atoms with Gasteiger partial charge in [-0.2, -0.15) is 11.8 Å². The number of thioether (sulfide) groups is 1. The van der Waals surface area contributed by atoms with Crippen molar-refractivity contribution in [1.29, 1.82) is 0 Å². The van der Waals surface area contributed by atoms with Crippen LogP contribution in [0, 0.1) is 11.7 Å². The predicted octanol–water partition coefficient (Wildman–Crippen LogP) is 3.92. The van der Waals surface area contributed by atoms with Gasteiger partial charge in [0, 0.05) is 16.8 Å². The van der Waals surface area contributed by atoms with Crippen LogP contribution in [0.2, 0.25) is 0 Å². The van der Waals surface area contributed by atoms with Gasteiger partial charge in [-0.25, -0.2) is 4.39 Å². The maximum absolute atomic E-state index is 13.5. The van der Waals surface area contributed by atoms with Crippen LogP contribution in [-0.2, 0) is 4.74 Å². The van der Waals surface area contributed by atoms with Gasteiger partial charge in [0.2, 0.25) is 0 Å². The predicted molar refractivity (Wildman–Crippen MR) is 82.4 cm³/mol. The summed E-state index contributed by atoms with van der Waals surface area (Å²) >= 11 is 5.21. The highest BCUT2D eigenvalue weighted by Gasteiger charge is 2.42. The lowest BCUT2D eigenvalue weighted by Crippen LogP contribution is -2.41. The topological polar surface area (TPSA) is 29.5 Å². The molecule has 0 bridgehead atoms. The van der Waals surface area contributed by atoms with Crippen LogP contribution in [0.5, 0.6) is 0 Å². The number of hydrogen-bond acceptors (Lipinski definition) is 3. The van der Waals surface area contributed by atoms with Gasteiger partial charge in [-0.15, -0.1) is 0 Å². The zero-order valence-corrected chi connectivity index (χ0v) is 13.6. The number of halogens is 2. The molecule has 3 rings (SSSR count). The fraction of sp³-hybridized carbons (Fsp3) is 0.600. The van der Waals surface area contributed by atoms with E-state index >= 15 is 0 Å². The van der Waals surface area contributed by atoms with E-state index in [0.29, 0.717) is 16.6 Å². The Balaban J connectivity index is 1.77. The molecule has 0 amide bonds. The minimum atomic E-state index is -0.617. The van der Waals surface area contributed by atoms with Crippen molar-refractivity contribution in [2.45, 2.75) is 31.0 Å². The Morgan fingerprint density at radius 1 is 1.45 bits per heavy atom. The Bertz CT molecular complexity index is 471. The number of ether oxygens (including phenoxy) is 1. The van der Waals surface area contributed by atoms with Crippen molar-refractivity contribution in [2.24, 2.45) is 5.92 Å². The van der Waals surface area contributed by atoms with Gasteiger partial charge >= 0.3 is 0 Å². The molecule has 2 aliphatic rings. The van der Waals surface area contributed by atoms with Gasteiger partial charge in [0.15, 0.2) is 0 Å². The Kier molecular flexibility index (Phi) is 4.41. The molecule has 3 unspecified atom stereocenters. The molecule has 0 saturated carbocycles. The van der Waals surface area contributed by atoms with Crippen LogP contribution in [0.25, 0.3) is 0 Å². The van der Waals surface area contributed by atoms with Gasteiger partial charge in [-0.05, 0) is 54.7 Å². The molecule has 5 heteroatoms. The van der Waals surface area contributed by atoms with E-state index in [9.17, 15) is 9.50 Å². The van der Waals surface area contributed by atoms with Crippen LogP contribution in [-0.4, -0.2) is 28.8 Å². The maximum Gasteiger partial charge on any atom is 0.124 e. The summed E-state index contributed by atoms with van der Waals surface area (Å²) in [6, 6.07) is 4.65. The third kappa shape index (κ3) is 3.06. The molecular formula is C15H18BrFO2S. The third-order valence-corrected chi connectivity index (χ3v) is 5.95. The highest BCUT2D eigenvalue weighted by molar-refractivity contribution is 9.10. The number of benzene rings is 1. The molecule has 2 nitrogen and oxygen atoms in total. The number of rotatable bonds is 2. The van der Waals surface area contributed by atoms with Crippen LogP contribution >= 0.6 is 27.7 Å². The molecule has 1 spiro atoms. The number of aliphatic hydroxyl groups excluding tert-OH is 1. The van der Waals surface area contributed by atoms with Crippen molar-refractivity contribution >= 4 is 27.7 Å². The fourth-order valence-electron chi connectivity index (χ4n) is 3.22.